The summed E-state index contributed by atoms with van der Waals surface area (Å²) < 4.78 is 1.81. The Morgan fingerprint density at radius 2 is 2.21 bits per heavy atom. The zero-order chi connectivity index (χ0) is 13.2. The summed E-state index contributed by atoms with van der Waals surface area (Å²) in [6.07, 6.45) is 6.51. The van der Waals surface area contributed by atoms with E-state index in [2.05, 4.69) is 15.6 Å². The van der Waals surface area contributed by atoms with Crippen LogP contribution in [0, 0.1) is 0 Å². The quantitative estimate of drug-likeness (QED) is 0.874. The van der Waals surface area contributed by atoms with Crippen molar-refractivity contribution in [3.05, 3.63) is 11.9 Å². The number of rotatable bonds is 4. The van der Waals surface area contributed by atoms with Crippen molar-refractivity contribution in [1.82, 2.24) is 25.2 Å². The van der Waals surface area contributed by atoms with E-state index in [0.717, 1.165) is 32.5 Å². The summed E-state index contributed by atoms with van der Waals surface area (Å²) in [6, 6.07) is 0.753. The fourth-order valence-electron chi connectivity index (χ4n) is 2.94. The second kappa shape index (κ2) is 5.28. The fourth-order valence-corrected chi connectivity index (χ4v) is 2.94. The molecule has 104 valence electrons. The average Bonchev–Trinajstić information content (AvgIpc) is 2.98. The van der Waals surface area contributed by atoms with Crippen molar-refractivity contribution >= 4 is 5.91 Å². The number of amides is 1. The third-order valence-corrected chi connectivity index (χ3v) is 4.23. The van der Waals surface area contributed by atoms with Gasteiger partial charge < -0.3 is 10.2 Å². The highest BCUT2D eigenvalue weighted by Crippen LogP contribution is 2.24. The molecule has 1 saturated heterocycles. The highest BCUT2D eigenvalue weighted by atomic mass is 16.2. The first-order chi connectivity index (χ1) is 9.29. The fraction of sp³-hybridized carbons (Fsp3) is 0.769. The molecule has 1 aromatic heterocycles. The van der Waals surface area contributed by atoms with Crippen LogP contribution in [0.2, 0.25) is 0 Å². The van der Waals surface area contributed by atoms with Crippen molar-refractivity contribution in [3.63, 3.8) is 0 Å². The van der Waals surface area contributed by atoms with Gasteiger partial charge >= 0.3 is 0 Å². The van der Waals surface area contributed by atoms with E-state index in [1.165, 1.54) is 12.8 Å². The van der Waals surface area contributed by atoms with Crippen molar-refractivity contribution in [1.29, 1.82) is 0 Å². The smallest absolute Gasteiger partial charge is 0.276 e. The zero-order valence-corrected chi connectivity index (χ0v) is 11.4. The van der Waals surface area contributed by atoms with Gasteiger partial charge in [0, 0.05) is 25.7 Å². The van der Waals surface area contributed by atoms with Crippen molar-refractivity contribution in [2.24, 2.45) is 0 Å². The molecule has 6 nitrogen and oxygen atoms in total. The summed E-state index contributed by atoms with van der Waals surface area (Å²) in [5.41, 5.74) is 0.487. The number of aromatic nitrogens is 3. The Balaban J connectivity index is 1.72. The number of nitrogens with zero attached hydrogens (tertiary/aromatic N) is 4. The molecule has 0 spiro atoms. The normalized spacial score (nSPS) is 20.5. The minimum atomic E-state index is 0.0351. The Labute approximate surface area is 113 Å². The van der Waals surface area contributed by atoms with Gasteiger partial charge in [-0.2, -0.15) is 0 Å². The largest absolute Gasteiger partial charge is 0.334 e. The van der Waals surface area contributed by atoms with Crippen molar-refractivity contribution < 1.29 is 4.79 Å². The molecule has 1 aliphatic heterocycles. The molecule has 1 aliphatic carbocycles. The summed E-state index contributed by atoms with van der Waals surface area (Å²) in [6.45, 7) is 4.62. The van der Waals surface area contributed by atoms with Gasteiger partial charge in [-0.05, 0) is 19.8 Å². The molecule has 0 unspecified atom stereocenters. The number of hydrogen-bond acceptors (Lipinski definition) is 4. The van der Waals surface area contributed by atoms with Gasteiger partial charge in [0.2, 0.25) is 0 Å². The summed E-state index contributed by atoms with van der Waals surface area (Å²) in [4.78, 5) is 14.5. The lowest BCUT2D eigenvalue weighted by Crippen LogP contribution is -2.43. The predicted octanol–water partition coefficient (Wildman–Crippen LogP) is 0.827. The van der Waals surface area contributed by atoms with Crippen LogP contribution in [0.4, 0.5) is 0 Å². The third kappa shape index (κ3) is 2.36. The van der Waals surface area contributed by atoms with Crippen LogP contribution < -0.4 is 5.32 Å². The van der Waals surface area contributed by atoms with Gasteiger partial charge in [-0.1, -0.05) is 18.1 Å². The number of carbonyl (C=O) groups is 1. The lowest BCUT2D eigenvalue weighted by molar-refractivity contribution is 0.0687. The Morgan fingerprint density at radius 1 is 1.47 bits per heavy atom. The number of hydrogen-bond donors (Lipinski definition) is 1. The maximum Gasteiger partial charge on any atom is 0.276 e. The maximum atomic E-state index is 12.5. The Bertz CT molecular complexity index is 448. The molecular formula is C13H21N5O. The van der Waals surface area contributed by atoms with Gasteiger partial charge in [0.25, 0.3) is 5.91 Å². The summed E-state index contributed by atoms with van der Waals surface area (Å²) in [7, 11) is 0. The molecule has 0 atom stereocenters. The first-order valence-corrected chi connectivity index (χ1v) is 7.23. The second-order valence-corrected chi connectivity index (χ2v) is 5.43. The molecule has 0 aromatic carbocycles. The predicted molar refractivity (Wildman–Crippen MR) is 70.9 cm³/mol. The van der Waals surface area contributed by atoms with Crippen LogP contribution in [0.25, 0.3) is 0 Å². The molecule has 3 rings (SSSR count). The summed E-state index contributed by atoms with van der Waals surface area (Å²) >= 11 is 0. The molecule has 2 fully saturated rings. The summed E-state index contributed by atoms with van der Waals surface area (Å²) in [5.74, 6) is 0.0351. The minimum absolute atomic E-state index is 0.0351. The van der Waals surface area contributed by atoms with Gasteiger partial charge in [0.05, 0.1) is 12.2 Å². The van der Waals surface area contributed by atoms with Crippen LogP contribution in [0.1, 0.15) is 49.1 Å². The van der Waals surface area contributed by atoms with Gasteiger partial charge in [-0.15, -0.1) is 5.10 Å². The lowest BCUT2D eigenvalue weighted by Gasteiger charge is -2.27. The van der Waals surface area contributed by atoms with Crippen molar-refractivity contribution in [3.8, 4) is 0 Å². The number of carbonyl (C=O) groups excluding carboxylic acids is 1. The molecule has 2 heterocycles. The second-order valence-electron chi connectivity index (χ2n) is 5.43. The lowest BCUT2D eigenvalue weighted by atomic mass is 10.2. The van der Waals surface area contributed by atoms with E-state index >= 15 is 0 Å². The summed E-state index contributed by atoms with van der Waals surface area (Å²) in [5, 5.41) is 11.3. The topological polar surface area (TPSA) is 63.1 Å². The van der Waals surface area contributed by atoms with E-state index in [4.69, 9.17) is 0 Å². The van der Waals surface area contributed by atoms with Gasteiger partial charge in [-0.25, -0.2) is 4.68 Å². The van der Waals surface area contributed by atoms with E-state index in [-0.39, 0.29) is 5.91 Å². The molecular weight excluding hydrogens is 242 g/mol. The van der Waals surface area contributed by atoms with E-state index in [0.29, 0.717) is 17.8 Å². The SMILES string of the molecule is CCN(C(=O)c1cn(C2CNC2)nn1)C1CCCC1. The molecule has 1 saturated carbocycles. The van der Waals surface area contributed by atoms with Crippen molar-refractivity contribution in [2.45, 2.75) is 44.7 Å². The van der Waals surface area contributed by atoms with Gasteiger partial charge in [-0.3, -0.25) is 4.79 Å². The van der Waals surface area contributed by atoms with Crippen LogP contribution in [0.5, 0.6) is 0 Å². The van der Waals surface area contributed by atoms with Gasteiger partial charge in [0.15, 0.2) is 5.69 Å². The highest BCUT2D eigenvalue weighted by molar-refractivity contribution is 5.92. The first kappa shape index (κ1) is 12.6. The van der Waals surface area contributed by atoms with Gasteiger partial charge in [0.1, 0.15) is 0 Å². The molecule has 6 heteroatoms. The standard InChI is InChI=1S/C13H21N5O/c1-2-17(10-5-3-4-6-10)13(19)12-9-18(16-15-12)11-7-14-8-11/h9-11,14H,2-8H2,1H3. The molecule has 0 radical (unpaired) electrons. The molecule has 1 amide bonds. The minimum Gasteiger partial charge on any atom is -0.334 e. The number of nitrogens with one attached hydrogen (secondary N) is 1. The Hall–Kier alpha value is -1.43. The van der Waals surface area contributed by atoms with E-state index in [1.54, 1.807) is 6.20 Å². The molecule has 1 N–H and O–H groups in total. The monoisotopic (exact) mass is 263 g/mol. The van der Waals surface area contributed by atoms with Crippen LogP contribution in [-0.2, 0) is 0 Å². The Kier molecular flexibility index (Phi) is 3.50. The zero-order valence-electron chi connectivity index (χ0n) is 11.4. The van der Waals surface area contributed by atoms with E-state index in [9.17, 15) is 4.79 Å². The van der Waals surface area contributed by atoms with Crippen LogP contribution >= 0.6 is 0 Å². The van der Waals surface area contributed by atoms with Crippen LogP contribution in [0.15, 0.2) is 6.20 Å². The molecule has 1 aromatic rings. The molecule has 2 aliphatic rings. The van der Waals surface area contributed by atoms with Crippen LogP contribution in [0.3, 0.4) is 0 Å². The molecule has 0 bridgehead atoms. The van der Waals surface area contributed by atoms with E-state index < -0.39 is 0 Å². The first-order valence-electron chi connectivity index (χ1n) is 7.23. The van der Waals surface area contributed by atoms with E-state index in [1.807, 2.05) is 16.5 Å². The van der Waals surface area contributed by atoms with Crippen molar-refractivity contribution in [2.75, 3.05) is 19.6 Å². The maximum absolute atomic E-state index is 12.5. The highest BCUT2D eigenvalue weighted by Gasteiger charge is 2.28. The average molecular weight is 263 g/mol. The Morgan fingerprint density at radius 3 is 2.79 bits per heavy atom. The molecule has 19 heavy (non-hydrogen) atoms. The third-order valence-electron chi connectivity index (χ3n) is 4.23. The van der Waals surface area contributed by atoms with Crippen LogP contribution in [-0.4, -0.2) is 51.5 Å².